The van der Waals surface area contributed by atoms with Crippen molar-refractivity contribution < 1.29 is 123 Å². The van der Waals surface area contributed by atoms with Gasteiger partial charge < -0.3 is 0 Å². The molecule has 0 aliphatic heterocycles. The minimum atomic E-state index is -3.52. The lowest BCUT2D eigenvalue weighted by Crippen LogP contribution is -2.13. The summed E-state index contributed by atoms with van der Waals surface area (Å²) in [5.74, 6) is -88.9. The van der Waals surface area contributed by atoms with E-state index in [1.807, 2.05) is 0 Å². The van der Waals surface area contributed by atoms with Gasteiger partial charge >= 0.3 is 0 Å². The van der Waals surface area contributed by atoms with E-state index in [1.165, 1.54) is 0 Å². The fourth-order valence-corrected chi connectivity index (χ4v) is 6.94. The van der Waals surface area contributed by atoms with Crippen LogP contribution in [0, 0.1) is 163 Å². The quantitative estimate of drug-likeness (QED) is 0.115. The Hall–Kier alpha value is -7.42. The first-order valence-electron chi connectivity index (χ1n) is 17.4. The standard InChI is InChI=1S/C42H2F28/c43-3-1-4(44)20(48)7(19(3)47)9-23(51)27(55)11(28(56)24(9)52)13-31(59)35(63)15(36(64)32(13)60)17-39(67)41(69)18(42(70)40(17)68)16-37(65)33(61)14(34(62)38(16)66)12-29(57)25(53)10(26(54)30(12)58)8-21(49)5(45)2-6(46)22(8)50/h1-2H. The topological polar surface area (TPSA) is 0 Å². The third-order valence-electron chi connectivity index (χ3n) is 10.0. The summed E-state index contributed by atoms with van der Waals surface area (Å²) in [5.41, 5.74) is -34.9. The molecule has 0 amide bonds. The van der Waals surface area contributed by atoms with Crippen LogP contribution in [0.3, 0.4) is 0 Å². The molecular weight excluding hydrogens is 1040 g/mol. The number of hydrogen-bond donors (Lipinski definition) is 0. The molecule has 0 nitrogen and oxygen atoms in total. The van der Waals surface area contributed by atoms with Crippen LogP contribution in [0.1, 0.15) is 0 Å². The van der Waals surface area contributed by atoms with E-state index < -0.39 is 242 Å². The van der Waals surface area contributed by atoms with Crippen molar-refractivity contribution in [1.29, 1.82) is 0 Å². The fraction of sp³-hybridized carbons (Fsp3) is 0. The summed E-state index contributed by atoms with van der Waals surface area (Å²) in [7, 11) is 0. The van der Waals surface area contributed by atoms with Crippen molar-refractivity contribution >= 4 is 0 Å². The highest BCUT2D eigenvalue weighted by atomic mass is 19.2. The molecule has 7 rings (SSSR count). The van der Waals surface area contributed by atoms with Crippen LogP contribution in [0.4, 0.5) is 123 Å². The van der Waals surface area contributed by atoms with E-state index in [0.717, 1.165) is 0 Å². The van der Waals surface area contributed by atoms with Crippen LogP contribution in [0.2, 0.25) is 0 Å². The van der Waals surface area contributed by atoms with Crippen molar-refractivity contribution in [2.45, 2.75) is 0 Å². The number of hydrogen-bond acceptors (Lipinski definition) is 0. The van der Waals surface area contributed by atoms with Crippen LogP contribution in [-0.2, 0) is 0 Å². The summed E-state index contributed by atoms with van der Waals surface area (Å²) in [6, 6.07) is -1.17. The fourth-order valence-electron chi connectivity index (χ4n) is 6.94. The average molecular weight is 1040 g/mol. The first-order chi connectivity index (χ1) is 32.5. The number of halogens is 28. The average Bonchev–Trinajstić information content (AvgIpc) is 3.30. The summed E-state index contributed by atoms with van der Waals surface area (Å²) in [4.78, 5) is 0. The molecule has 0 atom stereocenters. The van der Waals surface area contributed by atoms with Crippen molar-refractivity contribution in [3.8, 4) is 66.8 Å². The van der Waals surface area contributed by atoms with Crippen molar-refractivity contribution in [3.63, 3.8) is 0 Å². The highest BCUT2D eigenvalue weighted by Gasteiger charge is 2.42. The van der Waals surface area contributed by atoms with Gasteiger partial charge in [0.05, 0.1) is 66.8 Å². The second-order valence-electron chi connectivity index (χ2n) is 13.7. The summed E-state index contributed by atoms with van der Waals surface area (Å²) in [5, 5.41) is 0. The molecule has 28 heteroatoms. The van der Waals surface area contributed by atoms with Gasteiger partial charge in [0.15, 0.2) is 163 Å². The zero-order valence-electron chi connectivity index (χ0n) is 31.7. The Bertz CT molecular complexity index is 3090. The summed E-state index contributed by atoms with van der Waals surface area (Å²) < 4.78 is 420. The van der Waals surface area contributed by atoms with Gasteiger partial charge in [-0.1, -0.05) is 0 Å². The van der Waals surface area contributed by atoms with E-state index in [2.05, 4.69) is 0 Å². The molecule has 0 heterocycles. The second kappa shape index (κ2) is 17.2. The van der Waals surface area contributed by atoms with E-state index in [-0.39, 0.29) is 0 Å². The van der Waals surface area contributed by atoms with Crippen molar-refractivity contribution in [2.75, 3.05) is 0 Å². The Kier molecular flexibility index (Phi) is 12.4. The second-order valence-corrected chi connectivity index (χ2v) is 13.7. The predicted molar refractivity (Wildman–Crippen MR) is 178 cm³/mol. The molecule has 0 unspecified atom stereocenters. The SMILES string of the molecule is Fc1cc(F)c(F)c(-c2c(F)c(F)c(-c3c(F)c(F)c(-c4c(F)c(F)c(-c5c(F)c(F)c(-c6c(F)c(F)c(-c7c(F)c(F)cc(F)c7F)c(F)c6F)c(F)c5F)c(F)c4F)c(F)c3F)c(F)c2F)c1F. The lowest BCUT2D eigenvalue weighted by Gasteiger charge is -2.19. The van der Waals surface area contributed by atoms with Gasteiger partial charge in [0.1, 0.15) is 0 Å². The molecule has 366 valence electrons. The lowest BCUT2D eigenvalue weighted by atomic mass is 9.91. The van der Waals surface area contributed by atoms with Crippen LogP contribution in [0.15, 0.2) is 12.1 Å². The predicted octanol–water partition coefficient (Wildman–Crippen LogP) is 15.6. The highest BCUT2D eigenvalue weighted by molar-refractivity contribution is 5.82. The maximum atomic E-state index is 15.6. The Morgan fingerprint density at radius 1 is 0.114 bits per heavy atom. The molecular formula is C42H2F28. The molecule has 0 saturated heterocycles. The largest absolute Gasteiger partial charge is 0.204 e. The zero-order chi connectivity index (χ0) is 52.5. The Balaban J connectivity index is 1.42. The van der Waals surface area contributed by atoms with E-state index in [1.54, 1.807) is 0 Å². The van der Waals surface area contributed by atoms with Crippen LogP contribution < -0.4 is 0 Å². The Morgan fingerprint density at radius 2 is 0.186 bits per heavy atom. The first-order valence-corrected chi connectivity index (χ1v) is 17.4. The first kappa shape index (κ1) is 50.5. The smallest absolute Gasteiger partial charge is 0.170 e. The summed E-state index contributed by atoms with van der Waals surface area (Å²) >= 11 is 0. The van der Waals surface area contributed by atoms with Gasteiger partial charge in [-0.3, -0.25) is 0 Å². The summed E-state index contributed by atoms with van der Waals surface area (Å²) in [6.07, 6.45) is 0. The third-order valence-corrected chi connectivity index (χ3v) is 10.0. The highest BCUT2D eigenvalue weighted by Crippen LogP contribution is 2.49. The van der Waals surface area contributed by atoms with Gasteiger partial charge in [0, 0.05) is 12.1 Å². The van der Waals surface area contributed by atoms with Gasteiger partial charge in [-0.15, -0.1) is 0 Å². The molecule has 70 heavy (non-hydrogen) atoms. The van der Waals surface area contributed by atoms with Crippen molar-refractivity contribution in [3.05, 3.63) is 175 Å². The minimum absolute atomic E-state index is 0.584. The third kappa shape index (κ3) is 6.90. The number of benzene rings is 7. The van der Waals surface area contributed by atoms with E-state index in [0.29, 0.717) is 0 Å². The molecule has 0 fully saturated rings. The summed E-state index contributed by atoms with van der Waals surface area (Å²) in [6.45, 7) is 0. The van der Waals surface area contributed by atoms with Gasteiger partial charge in [0.2, 0.25) is 0 Å². The molecule has 0 aliphatic rings. The normalized spacial score (nSPS) is 11.7. The molecule has 0 N–H and O–H groups in total. The molecule has 0 spiro atoms. The van der Waals surface area contributed by atoms with Gasteiger partial charge in [-0.25, -0.2) is 123 Å². The molecule has 0 aliphatic carbocycles. The number of rotatable bonds is 6. The zero-order valence-corrected chi connectivity index (χ0v) is 31.7. The van der Waals surface area contributed by atoms with Crippen molar-refractivity contribution in [2.24, 2.45) is 0 Å². The van der Waals surface area contributed by atoms with Crippen LogP contribution in [-0.4, -0.2) is 0 Å². The maximum Gasteiger partial charge on any atom is 0.170 e. The molecule has 0 aromatic heterocycles. The molecule has 7 aromatic rings. The van der Waals surface area contributed by atoms with E-state index in [9.17, 15) is 35.1 Å². The Labute approximate surface area is 364 Å². The molecule has 0 saturated carbocycles. The van der Waals surface area contributed by atoms with E-state index in [4.69, 9.17) is 0 Å². The maximum absolute atomic E-state index is 15.6. The van der Waals surface area contributed by atoms with Crippen LogP contribution >= 0.6 is 0 Å². The molecule has 7 aromatic carbocycles. The van der Waals surface area contributed by atoms with E-state index >= 15 is 87.8 Å². The molecule has 0 bridgehead atoms. The van der Waals surface area contributed by atoms with Gasteiger partial charge in [-0.2, -0.15) is 0 Å². The monoisotopic (exact) mass is 1040 g/mol. The minimum Gasteiger partial charge on any atom is -0.204 e. The van der Waals surface area contributed by atoms with Gasteiger partial charge in [-0.05, 0) is 0 Å². The molecule has 0 radical (unpaired) electrons. The lowest BCUT2D eigenvalue weighted by molar-refractivity contribution is 0.432. The van der Waals surface area contributed by atoms with Crippen LogP contribution in [0.25, 0.3) is 66.8 Å². The Morgan fingerprint density at radius 3 is 0.271 bits per heavy atom. The van der Waals surface area contributed by atoms with Crippen molar-refractivity contribution in [1.82, 2.24) is 0 Å². The van der Waals surface area contributed by atoms with Gasteiger partial charge in [0.25, 0.3) is 0 Å². The van der Waals surface area contributed by atoms with Crippen LogP contribution in [0.5, 0.6) is 0 Å².